The van der Waals surface area contributed by atoms with E-state index in [-0.39, 0.29) is 5.54 Å². The van der Waals surface area contributed by atoms with E-state index in [0.717, 1.165) is 18.5 Å². The first-order valence-electron chi connectivity index (χ1n) is 5.25. The van der Waals surface area contributed by atoms with Gasteiger partial charge in [-0.05, 0) is 25.0 Å². The molecule has 78 valence electrons. The van der Waals surface area contributed by atoms with E-state index in [9.17, 15) is 0 Å². The summed E-state index contributed by atoms with van der Waals surface area (Å²) in [4.78, 5) is 4.30. The summed E-state index contributed by atoms with van der Waals surface area (Å²) < 4.78 is 0. The van der Waals surface area contributed by atoms with Crippen LogP contribution in [0, 0.1) is 5.92 Å². The summed E-state index contributed by atoms with van der Waals surface area (Å²) in [5.41, 5.74) is 7.19. The molecule has 0 saturated carbocycles. The summed E-state index contributed by atoms with van der Waals surface area (Å²) in [6.45, 7) is 6.48. The Balaban J connectivity index is 2.68. The second-order valence-corrected chi connectivity index (χ2v) is 4.31. The molecule has 2 heteroatoms. The molecule has 2 N–H and O–H groups in total. The van der Waals surface area contributed by atoms with Gasteiger partial charge in [0.05, 0.1) is 0 Å². The van der Waals surface area contributed by atoms with E-state index in [1.54, 1.807) is 0 Å². The SMILES string of the molecule is CCC(C)C(C)(N)Cc1ccccn1. The summed E-state index contributed by atoms with van der Waals surface area (Å²) in [5, 5.41) is 0. The van der Waals surface area contributed by atoms with Crippen LogP contribution in [0.5, 0.6) is 0 Å². The van der Waals surface area contributed by atoms with Crippen molar-refractivity contribution in [3.05, 3.63) is 30.1 Å². The van der Waals surface area contributed by atoms with E-state index in [4.69, 9.17) is 5.73 Å². The number of pyridine rings is 1. The first kappa shape index (κ1) is 11.2. The average molecular weight is 192 g/mol. The Bertz CT molecular complexity index is 267. The third kappa shape index (κ3) is 2.81. The standard InChI is InChI=1S/C12H20N2/c1-4-10(2)12(3,13)9-11-7-5-6-8-14-11/h5-8,10H,4,9,13H2,1-3H3. The number of nitrogens with two attached hydrogens (primary N) is 1. The topological polar surface area (TPSA) is 38.9 Å². The van der Waals surface area contributed by atoms with Crippen LogP contribution in [0.1, 0.15) is 32.9 Å². The van der Waals surface area contributed by atoms with E-state index in [2.05, 4.69) is 25.8 Å². The fourth-order valence-electron chi connectivity index (χ4n) is 1.53. The van der Waals surface area contributed by atoms with Gasteiger partial charge in [0, 0.05) is 23.9 Å². The number of hydrogen-bond acceptors (Lipinski definition) is 2. The lowest BCUT2D eigenvalue weighted by molar-refractivity contribution is 0.304. The van der Waals surface area contributed by atoms with Gasteiger partial charge in [0.1, 0.15) is 0 Å². The zero-order valence-corrected chi connectivity index (χ0v) is 9.33. The highest BCUT2D eigenvalue weighted by Gasteiger charge is 2.25. The first-order chi connectivity index (χ1) is 6.56. The van der Waals surface area contributed by atoms with Gasteiger partial charge in [0.15, 0.2) is 0 Å². The maximum Gasteiger partial charge on any atom is 0.0421 e. The van der Waals surface area contributed by atoms with Crippen molar-refractivity contribution in [1.29, 1.82) is 0 Å². The molecule has 0 bridgehead atoms. The van der Waals surface area contributed by atoms with Crippen molar-refractivity contribution in [3.8, 4) is 0 Å². The van der Waals surface area contributed by atoms with E-state index in [1.165, 1.54) is 0 Å². The summed E-state index contributed by atoms with van der Waals surface area (Å²) in [5.74, 6) is 0.518. The fraction of sp³-hybridized carbons (Fsp3) is 0.583. The molecule has 0 aliphatic carbocycles. The third-order valence-corrected chi connectivity index (χ3v) is 3.03. The molecule has 1 aromatic heterocycles. The Morgan fingerprint density at radius 2 is 2.21 bits per heavy atom. The van der Waals surface area contributed by atoms with Crippen molar-refractivity contribution in [1.82, 2.24) is 4.98 Å². The highest BCUT2D eigenvalue weighted by molar-refractivity contribution is 5.08. The predicted molar refractivity (Wildman–Crippen MR) is 60.0 cm³/mol. The zero-order chi connectivity index (χ0) is 10.6. The van der Waals surface area contributed by atoms with Gasteiger partial charge in [0.2, 0.25) is 0 Å². The molecule has 0 aromatic carbocycles. The largest absolute Gasteiger partial charge is 0.325 e. The summed E-state index contributed by atoms with van der Waals surface area (Å²) >= 11 is 0. The summed E-state index contributed by atoms with van der Waals surface area (Å²) in [6, 6.07) is 5.98. The molecular formula is C12H20N2. The van der Waals surface area contributed by atoms with E-state index < -0.39 is 0 Å². The molecule has 2 nitrogen and oxygen atoms in total. The van der Waals surface area contributed by atoms with Crippen LogP contribution in [0.3, 0.4) is 0 Å². The van der Waals surface area contributed by atoms with Gasteiger partial charge in [-0.2, -0.15) is 0 Å². The average Bonchev–Trinajstić information content (AvgIpc) is 2.17. The third-order valence-electron chi connectivity index (χ3n) is 3.03. The maximum absolute atomic E-state index is 6.26. The zero-order valence-electron chi connectivity index (χ0n) is 9.33. The van der Waals surface area contributed by atoms with Gasteiger partial charge in [-0.15, -0.1) is 0 Å². The van der Waals surface area contributed by atoms with E-state index in [0.29, 0.717) is 5.92 Å². The van der Waals surface area contributed by atoms with Gasteiger partial charge in [0.25, 0.3) is 0 Å². The number of nitrogens with zero attached hydrogens (tertiary/aromatic N) is 1. The molecule has 2 unspecified atom stereocenters. The molecule has 1 aromatic rings. The minimum Gasteiger partial charge on any atom is -0.325 e. The molecule has 0 spiro atoms. The van der Waals surface area contributed by atoms with Crippen molar-refractivity contribution in [2.24, 2.45) is 11.7 Å². The highest BCUT2D eigenvalue weighted by Crippen LogP contribution is 2.20. The van der Waals surface area contributed by atoms with Crippen LogP contribution in [0.15, 0.2) is 24.4 Å². The lowest BCUT2D eigenvalue weighted by Crippen LogP contribution is -2.45. The fourth-order valence-corrected chi connectivity index (χ4v) is 1.53. The maximum atomic E-state index is 6.26. The van der Waals surface area contributed by atoms with Crippen molar-refractivity contribution in [2.75, 3.05) is 0 Å². The van der Waals surface area contributed by atoms with Crippen LogP contribution < -0.4 is 5.73 Å². The molecule has 0 saturated heterocycles. The van der Waals surface area contributed by atoms with Crippen LogP contribution in [0.4, 0.5) is 0 Å². The lowest BCUT2D eigenvalue weighted by Gasteiger charge is -2.30. The quantitative estimate of drug-likeness (QED) is 0.795. The van der Waals surface area contributed by atoms with Crippen LogP contribution >= 0.6 is 0 Å². The number of aromatic nitrogens is 1. The molecule has 0 aliphatic rings. The lowest BCUT2D eigenvalue weighted by atomic mass is 9.82. The van der Waals surface area contributed by atoms with Crippen molar-refractivity contribution in [3.63, 3.8) is 0 Å². The van der Waals surface area contributed by atoms with Crippen LogP contribution in [0.25, 0.3) is 0 Å². The Hall–Kier alpha value is -0.890. The monoisotopic (exact) mass is 192 g/mol. The Morgan fingerprint density at radius 1 is 1.50 bits per heavy atom. The molecular weight excluding hydrogens is 172 g/mol. The summed E-state index contributed by atoms with van der Waals surface area (Å²) in [6.07, 6.45) is 3.78. The van der Waals surface area contributed by atoms with Crippen LogP contribution in [-0.2, 0) is 6.42 Å². The van der Waals surface area contributed by atoms with Crippen molar-refractivity contribution in [2.45, 2.75) is 39.2 Å². The smallest absolute Gasteiger partial charge is 0.0421 e. The van der Waals surface area contributed by atoms with Gasteiger partial charge >= 0.3 is 0 Å². The second kappa shape index (κ2) is 4.56. The van der Waals surface area contributed by atoms with Gasteiger partial charge in [-0.1, -0.05) is 26.3 Å². The molecule has 0 aliphatic heterocycles. The number of hydrogen-bond donors (Lipinski definition) is 1. The Labute approximate surface area is 86.5 Å². The minimum absolute atomic E-state index is 0.150. The minimum atomic E-state index is -0.150. The van der Waals surface area contributed by atoms with Crippen LogP contribution in [-0.4, -0.2) is 10.5 Å². The van der Waals surface area contributed by atoms with E-state index >= 15 is 0 Å². The van der Waals surface area contributed by atoms with Crippen LogP contribution in [0.2, 0.25) is 0 Å². The first-order valence-corrected chi connectivity index (χ1v) is 5.25. The molecule has 14 heavy (non-hydrogen) atoms. The Morgan fingerprint density at radius 3 is 2.71 bits per heavy atom. The van der Waals surface area contributed by atoms with Crippen molar-refractivity contribution >= 4 is 0 Å². The molecule has 0 fully saturated rings. The predicted octanol–water partition coefficient (Wildman–Crippen LogP) is 2.39. The Kier molecular flexibility index (Phi) is 3.64. The molecule has 0 radical (unpaired) electrons. The van der Waals surface area contributed by atoms with E-state index in [1.807, 2.05) is 24.4 Å². The molecule has 2 atom stereocenters. The number of rotatable bonds is 4. The molecule has 1 heterocycles. The molecule has 0 amide bonds. The van der Waals surface area contributed by atoms with Gasteiger partial charge in [-0.25, -0.2) is 0 Å². The van der Waals surface area contributed by atoms with Gasteiger partial charge in [-0.3, -0.25) is 4.98 Å². The van der Waals surface area contributed by atoms with Gasteiger partial charge < -0.3 is 5.73 Å². The highest BCUT2D eigenvalue weighted by atomic mass is 14.8. The van der Waals surface area contributed by atoms with Crippen molar-refractivity contribution < 1.29 is 0 Å². The normalized spacial score (nSPS) is 17.4. The second-order valence-electron chi connectivity index (χ2n) is 4.31. The summed E-state index contributed by atoms with van der Waals surface area (Å²) in [7, 11) is 0. The molecule has 1 rings (SSSR count).